The molecule has 0 aromatic carbocycles. The van der Waals surface area contributed by atoms with Crippen molar-refractivity contribution in [3.05, 3.63) is 0 Å². The van der Waals surface area contributed by atoms with Crippen LogP contribution < -0.4 is 10.6 Å². The first kappa shape index (κ1) is 18.2. The van der Waals surface area contributed by atoms with E-state index >= 15 is 0 Å². The van der Waals surface area contributed by atoms with E-state index in [4.69, 9.17) is 9.47 Å². The third-order valence-corrected chi connectivity index (χ3v) is 4.55. The monoisotopic (exact) mass is 312 g/mol. The molecule has 0 radical (unpaired) electrons. The van der Waals surface area contributed by atoms with Crippen molar-refractivity contribution in [1.29, 1.82) is 0 Å². The van der Waals surface area contributed by atoms with Gasteiger partial charge in [-0.2, -0.15) is 0 Å². The Labute approximate surface area is 136 Å². The molecule has 0 spiro atoms. The zero-order valence-corrected chi connectivity index (χ0v) is 15.2. The van der Waals surface area contributed by atoms with Gasteiger partial charge in [0.05, 0.1) is 25.9 Å². The Kier molecular flexibility index (Phi) is 6.29. The molecule has 3 atom stereocenters. The highest BCUT2D eigenvalue weighted by atomic mass is 16.5. The van der Waals surface area contributed by atoms with Crippen LogP contribution in [0.2, 0.25) is 0 Å². The van der Waals surface area contributed by atoms with Crippen LogP contribution in [-0.2, 0) is 9.47 Å². The number of morpholine rings is 2. The van der Waals surface area contributed by atoms with Gasteiger partial charge in [-0.15, -0.1) is 0 Å². The highest BCUT2D eigenvalue weighted by Crippen LogP contribution is 2.31. The van der Waals surface area contributed by atoms with Gasteiger partial charge in [-0.25, -0.2) is 0 Å². The second kappa shape index (κ2) is 7.61. The van der Waals surface area contributed by atoms with E-state index in [1.807, 2.05) is 0 Å². The third-order valence-electron chi connectivity index (χ3n) is 4.55. The van der Waals surface area contributed by atoms with Gasteiger partial charge in [-0.1, -0.05) is 34.6 Å². The van der Waals surface area contributed by atoms with E-state index in [1.54, 1.807) is 0 Å². The smallest absolute Gasteiger partial charge is 0.0705 e. The Morgan fingerprint density at radius 3 is 2.23 bits per heavy atom. The van der Waals surface area contributed by atoms with Crippen LogP contribution in [0.1, 0.15) is 53.9 Å². The van der Waals surface area contributed by atoms with Crippen molar-refractivity contribution in [3.63, 3.8) is 0 Å². The molecule has 2 rings (SSSR count). The van der Waals surface area contributed by atoms with E-state index in [-0.39, 0.29) is 5.41 Å². The molecule has 1 unspecified atom stereocenters. The van der Waals surface area contributed by atoms with Crippen molar-refractivity contribution in [3.8, 4) is 0 Å². The van der Waals surface area contributed by atoms with E-state index in [1.165, 1.54) is 6.42 Å². The summed E-state index contributed by atoms with van der Waals surface area (Å²) in [5.74, 6) is 0. The predicted molar refractivity (Wildman–Crippen MR) is 91.2 cm³/mol. The maximum Gasteiger partial charge on any atom is 0.0705 e. The Morgan fingerprint density at radius 1 is 0.955 bits per heavy atom. The lowest BCUT2D eigenvalue weighted by atomic mass is 9.79. The summed E-state index contributed by atoms with van der Waals surface area (Å²) in [5.41, 5.74) is 0.619. The summed E-state index contributed by atoms with van der Waals surface area (Å²) in [5, 5.41) is 7.25. The van der Waals surface area contributed by atoms with Crippen molar-refractivity contribution in [2.24, 2.45) is 10.8 Å². The maximum atomic E-state index is 5.88. The van der Waals surface area contributed by atoms with Crippen molar-refractivity contribution in [2.75, 3.05) is 32.9 Å². The van der Waals surface area contributed by atoms with Gasteiger partial charge in [-0.05, 0) is 30.1 Å². The second-order valence-electron chi connectivity index (χ2n) is 9.13. The molecular weight excluding hydrogens is 276 g/mol. The molecule has 2 N–H and O–H groups in total. The van der Waals surface area contributed by atoms with Crippen molar-refractivity contribution >= 4 is 0 Å². The summed E-state index contributed by atoms with van der Waals surface area (Å²) < 4.78 is 11.7. The largest absolute Gasteiger partial charge is 0.378 e. The lowest BCUT2D eigenvalue weighted by Crippen LogP contribution is -2.52. The summed E-state index contributed by atoms with van der Waals surface area (Å²) in [6.07, 6.45) is 3.79. The van der Waals surface area contributed by atoms with Crippen LogP contribution in [0.5, 0.6) is 0 Å². The highest BCUT2D eigenvalue weighted by molar-refractivity contribution is 4.87. The first-order chi connectivity index (χ1) is 10.2. The van der Waals surface area contributed by atoms with E-state index in [2.05, 4.69) is 45.3 Å². The van der Waals surface area contributed by atoms with Crippen LogP contribution in [0.4, 0.5) is 0 Å². The predicted octanol–water partition coefficient (Wildman–Crippen LogP) is 2.57. The molecule has 2 heterocycles. The number of nitrogens with one attached hydrogen (secondary N) is 2. The first-order valence-corrected chi connectivity index (χ1v) is 8.90. The van der Waals surface area contributed by atoms with Gasteiger partial charge in [-0.3, -0.25) is 0 Å². The van der Waals surface area contributed by atoms with Crippen LogP contribution in [0.15, 0.2) is 0 Å². The molecule has 0 saturated carbocycles. The molecule has 4 heteroatoms. The van der Waals surface area contributed by atoms with Crippen LogP contribution in [0.3, 0.4) is 0 Å². The second-order valence-corrected chi connectivity index (χ2v) is 9.13. The van der Waals surface area contributed by atoms with Crippen molar-refractivity contribution in [1.82, 2.24) is 10.6 Å². The van der Waals surface area contributed by atoms with Crippen LogP contribution in [-0.4, -0.2) is 51.1 Å². The minimum atomic E-state index is 0.272. The van der Waals surface area contributed by atoms with E-state index in [0.29, 0.717) is 23.6 Å². The normalized spacial score (nSPS) is 31.2. The Morgan fingerprint density at radius 2 is 1.64 bits per heavy atom. The zero-order valence-electron chi connectivity index (χ0n) is 15.2. The van der Waals surface area contributed by atoms with Crippen LogP contribution >= 0.6 is 0 Å². The number of ether oxygens (including phenoxy) is 2. The fourth-order valence-electron chi connectivity index (χ4n) is 3.87. The minimum absolute atomic E-state index is 0.272. The number of hydrogen-bond acceptors (Lipinski definition) is 4. The van der Waals surface area contributed by atoms with Crippen LogP contribution in [0.25, 0.3) is 0 Å². The Hall–Kier alpha value is -0.160. The zero-order chi connectivity index (χ0) is 16.2. The fourth-order valence-corrected chi connectivity index (χ4v) is 3.87. The topological polar surface area (TPSA) is 42.5 Å². The molecule has 0 bridgehead atoms. The molecule has 4 nitrogen and oxygen atoms in total. The number of rotatable bonds is 5. The van der Waals surface area contributed by atoms with Crippen molar-refractivity contribution in [2.45, 2.75) is 72.1 Å². The molecule has 0 aromatic heterocycles. The average Bonchev–Trinajstić information content (AvgIpc) is 2.36. The Bertz CT molecular complexity index is 332. The fraction of sp³-hybridized carbons (Fsp3) is 1.00. The van der Waals surface area contributed by atoms with Gasteiger partial charge in [0.1, 0.15) is 0 Å². The molecule has 2 saturated heterocycles. The lowest BCUT2D eigenvalue weighted by molar-refractivity contribution is -0.0132. The quantitative estimate of drug-likeness (QED) is 0.819. The van der Waals surface area contributed by atoms with Gasteiger partial charge in [0, 0.05) is 25.2 Å². The lowest BCUT2D eigenvalue weighted by Gasteiger charge is -2.39. The first-order valence-electron chi connectivity index (χ1n) is 8.90. The highest BCUT2D eigenvalue weighted by Gasteiger charge is 2.32. The van der Waals surface area contributed by atoms with E-state index in [0.717, 1.165) is 45.8 Å². The molecule has 0 aromatic rings. The standard InChI is InChI=1S/C18H36N2O2/c1-17(2,3)8-14-12-21-13-15(20-14)9-18(4,5)10-16-11-19-6-7-22-16/h14-16,19-20H,6-13H2,1-5H3/t14-,15?,16+/m0/s1. The summed E-state index contributed by atoms with van der Waals surface area (Å²) in [6.45, 7) is 16.1. The summed E-state index contributed by atoms with van der Waals surface area (Å²) in [6, 6.07) is 0.954. The molecule has 2 aliphatic heterocycles. The van der Waals surface area contributed by atoms with Gasteiger partial charge in [0.15, 0.2) is 0 Å². The summed E-state index contributed by atoms with van der Waals surface area (Å²) in [4.78, 5) is 0. The van der Waals surface area contributed by atoms with E-state index < -0.39 is 0 Å². The Balaban J connectivity index is 1.80. The molecule has 2 fully saturated rings. The van der Waals surface area contributed by atoms with Gasteiger partial charge in [0.25, 0.3) is 0 Å². The van der Waals surface area contributed by atoms with Crippen LogP contribution in [0, 0.1) is 10.8 Å². The number of hydrogen-bond donors (Lipinski definition) is 2. The van der Waals surface area contributed by atoms with E-state index in [9.17, 15) is 0 Å². The van der Waals surface area contributed by atoms with Gasteiger partial charge in [0.2, 0.25) is 0 Å². The average molecular weight is 312 g/mol. The molecule has 2 aliphatic rings. The van der Waals surface area contributed by atoms with Crippen molar-refractivity contribution < 1.29 is 9.47 Å². The molecule has 0 aliphatic carbocycles. The molecule has 22 heavy (non-hydrogen) atoms. The minimum Gasteiger partial charge on any atom is -0.378 e. The SMILES string of the molecule is CC(C)(C)C[C@H]1COCC(CC(C)(C)C[C@@H]2CNCCO2)N1. The third kappa shape index (κ3) is 6.53. The molecule has 0 amide bonds. The van der Waals surface area contributed by atoms with Gasteiger partial charge < -0.3 is 20.1 Å². The molecular formula is C18H36N2O2. The van der Waals surface area contributed by atoms with Gasteiger partial charge >= 0.3 is 0 Å². The summed E-state index contributed by atoms with van der Waals surface area (Å²) >= 11 is 0. The maximum absolute atomic E-state index is 5.88. The molecule has 130 valence electrons. The summed E-state index contributed by atoms with van der Waals surface area (Å²) in [7, 11) is 0.